The van der Waals surface area contributed by atoms with E-state index in [1.807, 2.05) is 18.2 Å². The molecule has 0 unspecified atom stereocenters. The SMILES string of the molecule is c1ccc2oc(Cc3ccc4c(c3)CCO4)cc2c1. The zero-order chi connectivity index (χ0) is 12.7. The maximum absolute atomic E-state index is 5.86. The molecular weight excluding hydrogens is 236 g/mol. The molecule has 0 bridgehead atoms. The predicted octanol–water partition coefficient (Wildman–Crippen LogP) is 3.96. The lowest BCUT2D eigenvalue weighted by Crippen LogP contribution is -1.87. The lowest BCUT2D eigenvalue weighted by Gasteiger charge is -2.02. The van der Waals surface area contributed by atoms with E-state index in [2.05, 4.69) is 30.3 Å². The predicted molar refractivity (Wildman–Crippen MR) is 74.7 cm³/mol. The van der Waals surface area contributed by atoms with Crippen LogP contribution in [-0.2, 0) is 12.8 Å². The van der Waals surface area contributed by atoms with Crippen molar-refractivity contribution in [3.8, 4) is 5.75 Å². The van der Waals surface area contributed by atoms with Crippen molar-refractivity contribution in [3.63, 3.8) is 0 Å². The molecule has 94 valence electrons. The third kappa shape index (κ3) is 1.89. The topological polar surface area (TPSA) is 22.4 Å². The van der Waals surface area contributed by atoms with E-state index in [0.717, 1.165) is 36.5 Å². The summed E-state index contributed by atoms with van der Waals surface area (Å²) in [5, 5.41) is 1.17. The summed E-state index contributed by atoms with van der Waals surface area (Å²) in [6.45, 7) is 0.809. The van der Waals surface area contributed by atoms with Crippen LogP contribution in [0.1, 0.15) is 16.9 Å². The minimum absolute atomic E-state index is 0.809. The van der Waals surface area contributed by atoms with Gasteiger partial charge in [-0.2, -0.15) is 0 Å². The van der Waals surface area contributed by atoms with Crippen LogP contribution in [0.3, 0.4) is 0 Å². The Morgan fingerprint density at radius 2 is 1.95 bits per heavy atom. The van der Waals surface area contributed by atoms with E-state index in [4.69, 9.17) is 9.15 Å². The van der Waals surface area contributed by atoms with Gasteiger partial charge in [0.25, 0.3) is 0 Å². The Morgan fingerprint density at radius 3 is 2.89 bits per heavy atom. The van der Waals surface area contributed by atoms with Gasteiger partial charge in [-0.25, -0.2) is 0 Å². The van der Waals surface area contributed by atoms with Gasteiger partial charge in [-0.05, 0) is 29.3 Å². The van der Waals surface area contributed by atoms with E-state index >= 15 is 0 Å². The van der Waals surface area contributed by atoms with Gasteiger partial charge < -0.3 is 9.15 Å². The molecule has 1 aliphatic heterocycles. The molecule has 0 saturated heterocycles. The number of ether oxygens (including phenoxy) is 1. The quantitative estimate of drug-likeness (QED) is 0.687. The summed E-state index contributed by atoms with van der Waals surface area (Å²) in [6, 6.07) is 16.7. The van der Waals surface area contributed by atoms with Crippen molar-refractivity contribution in [1.82, 2.24) is 0 Å². The summed E-state index contributed by atoms with van der Waals surface area (Å²) in [7, 11) is 0. The molecule has 4 rings (SSSR count). The molecular formula is C17H14O2. The highest BCUT2D eigenvalue weighted by atomic mass is 16.5. The van der Waals surface area contributed by atoms with Crippen LogP contribution in [0.4, 0.5) is 0 Å². The molecule has 3 aromatic rings. The Bertz CT molecular complexity index is 707. The summed E-state index contributed by atoms with van der Waals surface area (Å²) in [4.78, 5) is 0. The number of hydrogen-bond donors (Lipinski definition) is 0. The van der Waals surface area contributed by atoms with Gasteiger partial charge >= 0.3 is 0 Å². The summed E-state index contributed by atoms with van der Waals surface area (Å²) >= 11 is 0. The van der Waals surface area contributed by atoms with E-state index in [-0.39, 0.29) is 0 Å². The number of furan rings is 1. The van der Waals surface area contributed by atoms with Crippen molar-refractivity contribution in [1.29, 1.82) is 0 Å². The smallest absolute Gasteiger partial charge is 0.134 e. The van der Waals surface area contributed by atoms with Crippen molar-refractivity contribution in [2.45, 2.75) is 12.8 Å². The van der Waals surface area contributed by atoms with Crippen molar-refractivity contribution < 1.29 is 9.15 Å². The largest absolute Gasteiger partial charge is 0.493 e. The second-order valence-corrected chi connectivity index (χ2v) is 4.97. The van der Waals surface area contributed by atoms with Crippen LogP contribution >= 0.6 is 0 Å². The van der Waals surface area contributed by atoms with E-state index in [9.17, 15) is 0 Å². The fourth-order valence-corrected chi connectivity index (χ4v) is 2.68. The van der Waals surface area contributed by atoms with Crippen LogP contribution in [0, 0.1) is 0 Å². The molecule has 0 saturated carbocycles. The van der Waals surface area contributed by atoms with Gasteiger partial charge in [-0.15, -0.1) is 0 Å². The second kappa shape index (κ2) is 4.16. The van der Waals surface area contributed by atoms with Crippen molar-refractivity contribution in [2.75, 3.05) is 6.61 Å². The minimum atomic E-state index is 0.809. The first kappa shape index (κ1) is 10.7. The molecule has 19 heavy (non-hydrogen) atoms. The number of para-hydroxylation sites is 1. The highest BCUT2D eigenvalue weighted by molar-refractivity contribution is 5.77. The van der Waals surface area contributed by atoms with Gasteiger partial charge in [0.15, 0.2) is 0 Å². The zero-order valence-corrected chi connectivity index (χ0v) is 10.6. The molecule has 0 aliphatic carbocycles. The monoisotopic (exact) mass is 250 g/mol. The fourth-order valence-electron chi connectivity index (χ4n) is 2.68. The third-order valence-electron chi connectivity index (χ3n) is 3.61. The molecule has 0 N–H and O–H groups in total. The van der Waals surface area contributed by atoms with Gasteiger partial charge in [0.05, 0.1) is 6.61 Å². The first-order chi connectivity index (χ1) is 9.38. The normalized spacial score (nSPS) is 13.5. The molecule has 1 aliphatic rings. The Balaban J connectivity index is 1.67. The lowest BCUT2D eigenvalue weighted by molar-refractivity contribution is 0.357. The van der Waals surface area contributed by atoms with Gasteiger partial charge in [0, 0.05) is 18.2 Å². The van der Waals surface area contributed by atoms with Crippen LogP contribution in [0.2, 0.25) is 0 Å². The highest BCUT2D eigenvalue weighted by Gasteiger charge is 2.12. The number of rotatable bonds is 2. The van der Waals surface area contributed by atoms with Crippen LogP contribution < -0.4 is 4.74 Å². The highest BCUT2D eigenvalue weighted by Crippen LogP contribution is 2.27. The van der Waals surface area contributed by atoms with Gasteiger partial charge in [0.2, 0.25) is 0 Å². The molecule has 0 atom stereocenters. The lowest BCUT2D eigenvalue weighted by atomic mass is 10.1. The third-order valence-corrected chi connectivity index (χ3v) is 3.61. The molecule has 2 heterocycles. The molecule has 0 spiro atoms. The van der Waals surface area contributed by atoms with Crippen LogP contribution in [-0.4, -0.2) is 6.61 Å². The van der Waals surface area contributed by atoms with Crippen molar-refractivity contribution >= 4 is 11.0 Å². The molecule has 2 aromatic carbocycles. The van der Waals surface area contributed by atoms with Crippen LogP contribution in [0.5, 0.6) is 5.75 Å². The summed E-state index contributed by atoms with van der Waals surface area (Å²) in [5.74, 6) is 2.05. The number of hydrogen-bond acceptors (Lipinski definition) is 2. The van der Waals surface area contributed by atoms with Crippen LogP contribution in [0.25, 0.3) is 11.0 Å². The molecule has 2 nitrogen and oxygen atoms in total. The van der Waals surface area contributed by atoms with Gasteiger partial charge in [0.1, 0.15) is 17.1 Å². The van der Waals surface area contributed by atoms with Crippen molar-refractivity contribution in [2.24, 2.45) is 0 Å². The average Bonchev–Trinajstić information content (AvgIpc) is 3.03. The Labute approximate surface area is 111 Å². The second-order valence-electron chi connectivity index (χ2n) is 4.97. The fraction of sp³-hybridized carbons (Fsp3) is 0.176. The molecule has 0 radical (unpaired) electrons. The van der Waals surface area contributed by atoms with E-state index in [1.54, 1.807) is 0 Å². The maximum Gasteiger partial charge on any atom is 0.134 e. The Kier molecular flexibility index (Phi) is 2.34. The van der Waals surface area contributed by atoms with E-state index < -0.39 is 0 Å². The summed E-state index contributed by atoms with van der Waals surface area (Å²) in [5.41, 5.74) is 3.55. The Hall–Kier alpha value is -2.22. The summed E-state index contributed by atoms with van der Waals surface area (Å²) < 4.78 is 11.4. The van der Waals surface area contributed by atoms with Crippen LogP contribution in [0.15, 0.2) is 52.9 Å². The van der Waals surface area contributed by atoms with E-state index in [1.165, 1.54) is 16.5 Å². The molecule has 0 amide bonds. The van der Waals surface area contributed by atoms with Gasteiger partial charge in [-0.1, -0.05) is 30.3 Å². The minimum Gasteiger partial charge on any atom is -0.493 e. The molecule has 1 aromatic heterocycles. The van der Waals surface area contributed by atoms with Crippen molar-refractivity contribution in [3.05, 3.63) is 65.4 Å². The Morgan fingerprint density at radius 1 is 1.00 bits per heavy atom. The number of fused-ring (bicyclic) bond motifs is 2. The number of benzene rings is 2. The van der Waals surface area contributed by atoms with E-state index in [0.29, 0.717) is 0 Å². The molecule has 0 fully saturated rings. The zero-order valence-electron chi connectivity index (χ0n) is 10.6. The summed E-state index contributed by atoms with van der Waals surface area (Å²) in [6.07, 6.45) is 1.85. The first-order valence-electron chi connectivity index (χ1n) is 6.60. The average molecular weight is 250 g/mol. The van der Waals surface area contributed by atoms with Gasteiger partial charge in [-0.3, -0.25) is 0 Å². The molecule has 2 heteroatoms. The maximum atomic E-state index is 5.86. The standard InChI is InChI=1S/C17H14O2/c1-2-4-17-13(3-1)11-15(19-17)10-12-5-6-16-14(9-12)7-8-18-16/h1-6,9,11H,7-8,10H2. The first-order valence-corrected chi connectivity index (χ1v) is 6.60.